The van der Waals surface area contributed by atoms with E-state index in [1.54, 1.807) is 6.20 Å². The molecule has 1 aliphatic heterocycles. The topological polar surface area (TPSA) is 24.9 Å². The number of halogens is 1. The maximum atomic E-state index is 6.02. The van der Waals surface area contributed by atoms with Crippen molar-refractivity contribution in [3.05, 3.63) is 29.0 Å². The zero-order valence-electron chi connectivity index (χ0n) is 7.46. The van der Waals surface area contributed by atoms with Crippen LogP contribution in [-0.4, -0.2) is 18.1 Å². The van der Waals surface area contributed by atoms with Gasteiger partial charge in [-0.25, -0.2) is 0 Å². The molecule has 1 N–H and O–H groups in total. The lowest BCUT2D eigenvalue weighted by Crippen LogP contribution is -2.10. The Balaban J connectivity index is 2.04. The predicted molar refractivity (Wildman–Crippen MR) is 53.9 cm³/mol. The number of nitrogens with one attached hydrogen (secondary N) is 1. The molecule has 0 radical (unpaired) electrons. The van der Waals surface area contributed by atoms with Gasteiger partial charge < -0.3 is 5.32 Å². The number of pyridine rings is 1. The summed E-state index contributed by atoms with van der Waals surface area (Å²) in [5.74, 6) is 0.750. The first-order valence-corrected chi connectivity index (χ1v) is 5.03. The molecular weight excluding hydrogens is 184 g/mol. The van der Waals surface area contributed by atoms with Gasteiger partial charge in [0, 0.05) is 12.4 Å². The second-order valence-corrected chi connectivity index (χ2v) is 3.94. The summed E-state index contributed by atoms with van der Waals surface area (Å²) in [6.45, 7) is 2.27. The van der Waals surface area contributed by atoms with Crippen LogP contribution in [0.3, 0.4) is 0 Å². The van der Waals surface area contributed by atoms with Crippen LogP contribution in [0.1, 0.15) is 12.0 Å². The standard InChI is InChI=1S/C10H13ClN2/c11-10-7-13-4-2-9(10)5-8-1-3-12-6-8/h2,4,7-8,12H,1,3,5-6H2. The van der Waals surface area contributed by atoms with Crippen LogP contribution in [0.2, 0.25) is 5.02 Å². The molecule has 0 bridgehead atoms. The molecule has 13 heavy (non-hydrogen) atoms. The van der Waals surface area contributed by atoms with E-state index in [0.717, 1.165) is 30.5 Å². The number of hydrogen-bond acceptors (Lipinski definition) is 2. The Morgan fingerprint density at radius 2 is 2.54 bits per heavy atom. The molecule has 2 nitrogen and oxygen atoms in total. The second kappa shape index (κ2) is 4.07. The van der Waals surface area contributed by atoms with E-state index in [0.29, 0.717) is 0 Å². The zero-order valence-corrected chi connectivity index (χ0v) is 8.22. The lowest BCUT2D eigenvalue weighted by molar-refractivity contribution is 0.580. The Hall–Kier alpha value is -0.600. The Morgan fingerprint density at radius 1 is 1.62 bits per heavy atom. The summed E-state index contributed by atoms with van der Waals surface area (Å²) in [4.78, 5) is 3.97. The zero-order chi connectivity index (χ0) is 9.10. The Morgan fingerprint density at radius 3 is 3.23 bits per heavy atom. The van der Waals surface area contributed by atoms with Crippen LogP contribution in [0.25, 0.3) is 0 Å². The fourth-order valence-electron chi connectivity index (χ4n) is 1.77. The fourth-order valence-corrected chi connectivity index (χ4v) is 1.97. The highest BCUT2D eigenvalue weighted by Gasteiger charge is 2.15. The molecule has 1 aromatic rings. The fraction of sp³-hybridized carbons (Fsp3) is 0.500. The normalized spacial score (nSPS) is 22.1. The van der Waals surface area contributed by atoms with E-state index in [-0.39, 0.29) is 0 Å². The number of hydrogen-bond donors (Lipinski definition) is 1. The summed E-state index contributed by atoms with van der Waals surface area (Å²) >= 11 is 6.02. The monoisotopic (exact) mass is 196 g/mol. The third-order valence-electron chi connectivity index (χ3n) is 2.53. The number of rotatable bonds is 2. The van der Waals surface area contributed by atoms with E-state index in [2.05, 4.69) is 10.3 Å². The van der Waals surface area contributed by atoms with Gasteiger partial charge in [-0.05, 0) is 43.5 Å². The van der Waals surface area contributed by atoms with E-state index in [1.165, 1.54) is 12.0 Å². The van der Waals surface area contributed by atoms with Crippen molar-refractivity contribution in [2.24, 2.45) is 5.92 Å². The van der Waals surface area contributed by atoms with Gasteiger partial charge in [-0.1, -0.05) is 11.6 Å². The van der Waals surface area contributed by atoms with Crippen LogP contribution in [0.4, 0.5) is 0 Å². The van der Waals surface area contributed by atoms with Crippen LogP contribution < -0.4 is 5.32 Å². The van der Waals surface area contributed by atoms with Crippen molar-refractivity contribution in [3.63, 3.8) is 0 Å². The van der Waals surface area contributed by atoms with Gasteiger partial charge in [0.15, 0.2) is 0 Å². The molecule has 2 heterocycles. The summed E-state index contributed by atoms with van der Waals surface area (Å²) in [5, 5.41) is 4.15. The molecule has 70 valence electrons. The van der Waals surface area contributed by atoms with Crippen molar-refractivity contribution in [1.29, 1.82) is 0 Å². The van der Waals surface area contributed by atoms with E-state index in [1.807, 2.05) is 12.3 Å². The van der Waals surface area contributed by atoms with Gasteiger partial charge in [-0.3, -0.25) is 4.98 Å². The Kier molecular flexibility index (Phi) is 2.81. The summed E-state index contributed by atoms with van der Waals surface area (Å²) in [6, 6.07) is 2.01. The molecule has 0 amide bonds. The van der Waals surface area contributed by atoms with Crippen molar-refractivity contribution in [2.45, 2.75) is 12.8 Å². The van der Waals surface area contributed by atoms with Crippen LogP contribution >= 0.6 is 11.6 Å². The van der Waals surface area contributed by atoms with Crippen LogP contribution in [0.5, 0.6) is 0 Å². The second-order valence-electron chi connectivity index (χ2n) is 3.53. The van der Waals surface area contributed by atoms with E-state index in [9.17, 15) is 0 Å². The first kappa shape index (κ1) is 8.97. The molecule has 2 rings (SSSR count). The number of nitrogens with zero attached hydrogens (tertiary/aromatic N) is 1. The molecule has 0 aliphatic carbocycles. The van der Waals surface area contributed by atoms with Gasteiger partial charge in [0.25, 0.3) is 0 Å². The van der Waals surface area contributed by atoms with E-state index >= 15 is 0 Å². The van der Waals surface area contributed by atoms with Crippen molar-refractivity contribution >= 4 is 11.6 Å². The average Bonchev–Trinajstić information content (AvgIpc) is 2.61. The number of aromatic nitrogens is 1. The van der Waals surface area contributed by atoms with Gasteiger partial charge in [-0.2, -0.15) is 0 Å². The molecule has 0 aromatic carbocycles. The van der Waals surface area contributed by atoms with Crippen molar-refractivity contribution < 1.29 is 0 Å². The first-order chi connectivity index (χ1) is 6.36. The van der Waals surface area contributed by atoms with Crippen molar-refractivity contribution in [1.82, 2.24) is 10.3 Å². The summed E-state index contributed by atoms with van der Waals surface area (Å²) in [6.07, 6.45) is 5.87. The van der Waals surface area contributed by atoms with Gasteiger partial charge in [0.05, 0.1) is 5.02 Å². The van der Waals surface area contributed by atoms with Crippen molar-refractivity contribution in [3.8, 4) is 0 Å². The molecule has 0 saturated carbocycles. The lowest BCUT2D eigenvalue weighted by Gasteiger charge is -2.08. The minimum absolute atomic E-state index is 0.750. The first-order valence-electron chi connectivity index (χ1n) is 4.65. The largest absolute Gasteiger partial charge is 0.316 e. The van der Waals surface area contributed by atoms with Gasteiger partial charge in [0.1, 0.15) is 0 Å². The van der Waals surface area contributed by atoms with E-state index in [4.69, 9.17) is 11.6 Å². The SMILES string of the molecule is Clc1cnccc1CC1CCNC1. The predicted octanol–water partition coefficient (Wildman–Crippen LogP) is 1.89. The Bertz CT molecular complexity index is 282. The van der Waals surface area contributed by atoms with Crippen LogP contribution in [0, 0.1) is 5.92 Å². The average molecular weight is 197 g/mol. The van der Waals surface area contributed by atoms with Gasteiger partial charge in [-0.15, -0.1) is 0 Å². The lowest BCUT2D eigenvalue weighted by atomic mass is 10.00. The smallest absolute Gasteiger partial charge is 0.0621 e. The molecular formula is C10H13ClN2. The summed E-state index contributed by atoms with van der Waals surface area (Å²) in [5.41, 5.74) is 1.23. The molecule has 3 heteroatoms. The molecule has 1 fully saturated rings. The summed E-state index contributed by atoms with van der Waals surface area (Å²) in [7, 11) is 0. The third kappa shape index (κ3) is 2.20. The highest BCUT2D eigenvalue weighted by atomic mass is 35.5. The molecule has 0 spiro atoms. The molecule has 1 unspecified atom stereocenters. The van der Waals surface area contributed by atoms with E-state index < -0.39 is 0 Å². The van der Waals surface area contributed by atoms with Crippen LogP contribution in [-0.2, 0) is 6.42 Å². The molecule has 1 aromatic heterocycles. The minimum atomic E-state index is 0.750. The van der Waals surface area contributed by atoms with Crippen LogP contribution in [0.15, 0.2) is 18.5 Å². The van der Waals surface area contributed by atoms with Gasteiger partial charge in [0.2, 0.25) is 0 Å². The highest BCUT2D eigenvalue weighted by Crippen LogP contribution is 2.20. The maximum absolute atomic E-state index is 6.02. The molecule has 1 aliphatic rings. The van der Waals surface area contributed by atoms with Crippen molar-refractivity contribution in [2.75, 3.05) is 13.1 Å². The highest BCUT2D eigenvalue weighted by molar-refractivity contribution is 6.31. The molecule has 1 saturated heterocycles. The quantitative estimate of drug-likeness (QED) is 0.782. The minimum Gasteiger partial charge on any atom is -0.316 e. The molecule has 1 atom stereocenters. The maximum Gasteiger partial charge on any atom is 0.0621 e. The summed E-state index contributed by atoms with van der Waals surface area (Å²) < 4.78 is 0. The third-order valence-corrected chi connectivity index (χ3v) is 2.87. The Labute approximate surface area is 83.3 Å². The van der Waals surface area contributed by atoms with Gasteiger partial charge >= 0.3 is 0 Å².